The predicted molar refractivity (Wildman–Crippen MR) is 55.9 cm³/mol. The minimum atomic E-state index is -0.0451. The highest BCUT2D eigenvalue weighted by molar-refractivity contribution is 6.31. The molecule has 0 aliphatic rings. The van der Waals surface area contributed by atoms with Gasteiger partial charge in [-0.3, -0.25) is 0 Å². The first-order valence-corrected chi connectivity index (χ1v) is 4.83. The van der Waals surface area contributed by atoms with E-state index < -0.39 is 0 Å². The Morgan fingerprint density at radius 1 is 1.50 bits per heavy atom. The molecule has 0 aliphatic heterocycles. The van der Waals surface area contributed by atoms with Crippen LogP contribution >= 0.6 is 11.6 Å². The van der Waals surface area contributed by atoms with E-state index >= 15 is 0 Å². The van der Waals surface area contributed by atoms with Gasteiger partial charge in [0, 0.05) is 5.02 Å². The molecule has 0 fully saturated rings. The van der Waals surface area contributed by atoms with E-state index in [0.717, 1.165) is 5.56 Å². The van der Waals surface area contributed by atoms with Crippen LogP contribution in [-0.2, 0) is 11.3 Å². The van der Waals surface area contributed by atoms with Crippen LogP contribution in [0.1, 0.15) is 18.9 Å². The minimum Gasteiger partial charge on any atom is -0.373 e. The molecule has 1 aromatic carbocycles. The van der Waals surface area contributed by atoms with Crippen LogP contribution < -0.4 is 0 Å². The third-order valence-electron chi connectivity index (χ3n) is 1.86. The van der Waals surface area contributed by atoms with E-state index in [0.29, 0.717) is 18.1 Å². The molecule has 0 amide bonds. The van der Waals surface area contributed by atoms with Gasteiger partial charge >= 0.3 is 0 Å². The van der Waals surface area contributed by atoms with Crippen LogP contribution in [0.2, 0.25) is 5.02 Å². The van der Waals surface area contributed by atoms with Gasteiger partial charge in [-0.15, -0.1) is 0 Å². The van der Waals surface area contributed by atoms with Gasteiger partial charge in [-0.25, -0.2) is 0 Å². The quantitative estimate of drug-likeness (QED) is 0.763. The van der Waals surface area contributed by atoms with Gasteiger partial charge in [0.15, 0.2) is 0 Å². The number of nitrogens with zero attached hydrogens (tertiary/aromatic N) is 1. The van der Waals surface area contributed by atoms with Gasteiger partial charge in [-0.1, -0.05) is 29.8 Å². The summed E-state index contributed by atoms with van der Waals surface area (Å²) in [5.74, 6) is 0. The van der Waals surface area contributed by atoms with Gasteiger partial charge in [0.05, 0.1) is 25.2 Å². The Kier molecular flexibility index (Phi) is 4.45. The third kappa shape index (κ3) is 3.37. The summed E-state index contributed by atoms with van der Waals surface area (Å²) >= 11 is 5.94. The molecule has 0 aromatic heterocycles. The molecule has 0 saturated heterocycles. The first kappa shape index (κ1) is 11.0. The normalized spacial score (nSPS) is 12.1. The first-order valence-electron chi connectivity index (χ1n) is 4.46. The zero-order valence-electron chi connectivity index (χ0n) is 8.03. The second-order valence-corrected chi connectivity index (χ2v) is 3.48. The van der Waals surface area contributed by atoms with E-state index in [1.54, 1.807) is 0 Å². The average molecular weight is 210 g/mol. The fourth-order valence-corrected chi connectivity index (χ4v) is 1.23. The lowest BCUT2D eigenvalue weighted by Crippen LogP contribution is -2.06. The molecule has 0 saturated carbocycles. The van der Waals surface area contributed by atoms with E-state index in [1.807, 2.05) is 31.2 Å². The van der Waals surface area contributed by atoms with Crippen molar-refractivity contribution in [1.29, 1.82) is 5.26 Å². The molecule has 0 spiro atoms. The number of rotatable bonds is 4. The standard InChI is InChI=1S/C11H12ClNO/c1-9(6-7-13)14-8-10-4-2-3-5-11(10)12/h2-5,9H,6,8H2,1H3. The summed E-state index contributed by atoms with van der Waals surface area (Å²) in [4.78, 5) is 0. The predicted octanol–water partition coefficient (Wildman–Crippen LogP) is 3.16. The van der Waals surface area contributed by atoms with Gasteiger partial charge in [0.25, 0.3) is 0 Å². The van der Waals surface area contributed by atoms with Crippen molar-refractivity contribution in [2.24, 2.45) is 0 Å². The van der Waals surface area contributed by atoms with Crippen LogP contribution in [0.15, 0.2) is 24.3 Å². The fourth-order valence-electron chi connectivity index (χ4n) is 1.03. The molecule has 0 radical (unpaired) electrons. The van der Waals surface area contributed by atoms with E-state index in [1.165, 1.54) is 0 Å². The number of benzene rings is 1. The summed E-state index contributed by atoms with van der Waals surface area (Å²) in [6.07, 6.45) is 0.362. The molecule has 2 nitrogen and oxygen atoms in total. The van der Waals surface area contributed by atoms with Gasteiger partial charge in [0.1, 0.15) is 0 Å². The SMILES string of the molecule is CC(CC#N)OCc1ccccc1Cl. The van der Waals surface area contributed by atoms with Crippen LogP contribution in [0.3, 0.4) is 0 Å². The van der Waals surface area contributed by atoms with Crippen LogP contribution in [-0.4, -0.2) is 6.10 Å². The molecule has 0 aliphatic carbocycles. The molecule has 1 aromatic rings. The van der Waals surface area contributed by atoms with Crippen LogP contribution in [0.4, 0.5) is 0 Å². The summed E-state index contributed by atoms with van der Waals surface area (Å²) < 4.78 is 5.44. The summed E-state index contributed by atoms with van der Waals surface area (Å²) in [6, 6.07) is 9.60. The number of ether oxygens (including phenoxy) is 1. The molecule has 1 atom stereocenters. The third-order valence-corrected chi connectivity index (χ3v) is 2.23. The van der Waals surface area contributed by atoms with E-state index in [-0.39, 0.29) is 6.10 Å². The molecular formula is C11H12ClNO. The van der Waals surface area contributed by atoms with Gasteiger partial charge in [0.2, 0.25) is 0 Å². The maximum absolute atomic E-state index is 8.43. The molecule has 14 heavy (non-hydrogen) atoms. The van der Waals surface area contributed by atoms with Crippen molar-refractivity contribution in [3.8, 4) is 6.07 Å². The number of hydrogen-bond acceptors (Lipinski definition) is 2. The largest absolute Gasteiger partial charge is 0.373 e. The van der Waals surface area contributed by atoms with Gasteiger partial charge in [-0.05, 0) is 18.6 Å². The second kappa shape index (κ2) is 5.64. The minimum absolute atomic E-state index is 0.0451. The number of hydrogen-bond donors (Lipinski definition) is 0. The van der Waals surface area contributed by atoms with Crippen LogP contribution in [0.25, 0.3) is 0 Å². The molecule has 3 heteroatoms. The Morgan fingerprint density at radius 3 is 2.86 bits per heavy atom. The van der Waals surface area contributed by atoms with Crippen molar-refractivity contribution in [3.63, 3.8) is 0 Å². The monoisotopic (exact) mass is 209 g/mol. The first-order chi connectivity index (χ1) is 6.74. The molecule has 0 heterocycles. The lowest BCUT2D eigenvalue weighted by molar-refractivity contribution is 0.0564. The summed E-state index contributed by atoms with van der Waals surface area (Å²) in [7, 11) is 0. The van der Waals surface area contributed by atoms with E-state index in [9.17, 15) is 0 Å². The average Bonchev–Trinajstić information content (AvgIpc) is 2.17. The highest BCUT2D eigenvalue weighted by atomic mass is 35.5. The zero-order chi connectivity index (χ0) is 10.4. The Balaban J connectivity index is 2.46. The van der Waals surface area contributed by atoms with Crippen molar-refractivity contribution in [2.75, 3.05) is 0 Å². The maximum Gasteiger partial charge on any atom is 0.0735 e. The highest BCUT2D eigenvalue weighted by Gasteiger charge is 2.03. The highest BCUT2D eigenvalue weighted by Crippen LogP contribution is 2.16. The second-order valence-electron chi connectivity index (χ2n) is 3.08. The fraction of sp³-hybridized carbons (Fsp3) is 0.364. The topological polar surface area (TPSA) is 33.0 Å². The summed E-state index contributed by atoms with van der Waals surface area (Å²) in [6.45, 7) is 2.34. The van der Waals surface area contributed by atoms with Gasteiger partial charge in [-0.2, -0.15) is 5.26 Å². The van der Waals surface area contributed by atoms with Crippen molar-refractivity contribution in [2.45, 2.75) is 26.1 Å². The molecule has 74 valence electrons. The molecule has 0 bridgehead atoms. The van der Waals surface area contributed by atoms with Crippen molar-refractivity contribution >= 4 is 11.6 Å². The van der Waals surface area contributed by atoms with E-state index in [4.69, 9.17) is 21.6 Å². The van der Waals surface area contributed by atoms with Crippen LogP contribution in [0.5, 0.6) is 0 Å². The summed E-state index contributed by atoms with van der Waals surface area (Å²) in [5, 5.41) is 9.14. The molecule has 1 rings (SSSR count). The Labute approximate surface area is 89.1 Å². The maximum atomic E-state index is 8.43. The Bertz CT molecular complexity index is 332. The lowest BCUT2D eigenvalue weighted by Gasteiger charge is -2.10. The molecular weight excluding hydrogens is 198 g/mol. The summed E-state index contributed by atoms with van der Waals surface area (Å²) in [5.41, 5.74) is 0.957. The number of halogens is 1. The Hall–Kier alpha value is -1.04. The number of nitriles is 1. The van der Waals surface area contributed by atoms with Crippen LogP contribution in [0, 0.1) is 11.3 Å². The van der Waals surface area contributed by atoms with Gasteiger partial charge < -0.3 is 4.74 Å². The van der Waals surface area contributed by atoms with Crippen molar-refractivity contribution < 1.29 is 4.74 Å². The zero-order valence-corrected chi connectivity index (χ0v) is 8.79. The smallest absolute Gasteiger partial charge is 0.0735 e. The Morgan fingerprint density at radius 2 is 2.21 bits per heavy atom. The molecule has 1 unspecified atom stereocenters. The van der Waals surface area contributed by atoms with Crippen molar-refractivity contribution in [3.05, 3.63) is 34.9 Å². The van der Waals surface area contributed by atoms with E-state index in [2.05, 4.69) is 6.07 Å². The molecule has 0 N–H and O–H groups in total. The van der Waals surface area contributed by atoms with Crippen molar-refractivity contribution in [1.82, 2.24) is 0 Å². The lowest BCUT2D eigenvalue weighted by atomic mass is 10.2.